The lowest BCUT2D eigenvalue weighted by Crippen LogP contribution is -2.35. The van der Waals surface area contributed by atoms with Gasteiger partial charge in [-0.3, -0.25) is 9.47 Å². The van der Waals surface area contributed by atoms with Crippen LogP contribution in [0.15, 0.2) is 73.1 Å². The Morgan fingerprint density at radius 2 is 1.88 bits per heavy atom. The third-order valence-corrected chi connectivity index (χ3v) is 5.47. The third-order valence-electron chi connectivity index (χ3n) is 5.21. The molecule has 0 aliphatic carbocycles. The molecule has 0 radical (unpaired) electrons. The predicted molar refractivity (Wildman–Crippen MR) is 124 cm³/mol. The van der Waals surface area contributed by atoms with Crippen molar-refractivity contribution in [1.82, 2.24) is 9.47 Å². The van der Waals surface area contributed by atoms with Crippen LogP contribution in [-0.2, 0) is 0 Å². The van der Waals surface area contributed by atoms with E-state index >= 15 is 0 Å². The van der Waals surface area contributed by atoms with Crippen molar-refractivity contribution in [2.75, 3.05) is 31.6 Å². The highest BCUT2D eigenvalue weighted by Gasteiger charge is 2.26. The smallest absolute Gasteiger partial charge is 0.330 e. The lowest BCUT2D eigenvalue weighted by atomic mass is 10.3. The topological polar surface area (TPSA) is 76.0 Å². The van der Waals surface area contributed by atoms with E-state index in [1.54, 1.807) is 36.7 Å². The summed E-state index contributed by atoms with van der Waals surface area (Å²) in [5, 5.41) is 14.0. The van der Waals surface area contributed by atoms with Gasteiger partial charge in [-0.25, -0.2) is 4.79 Å². The van der Waals surface area contributed by atoms with E-state index < -0.39 is 6.10 Å². The van der Waals surface area contributed by atoms with Crippen molar-refractivity contribution < 1.29 is 19.4 Å². The number of nitrogens with zero attached hydrogens (tertiary/aromatic N) is 2. The van der Waals surface area contributed by atoms with Crippen LogP contribution < -0.4 is 14.8 Å². The van der Waals surface area contributed by atoms with Gasteiger partial charge in [0, 0.05) is 37.1 Å². The minimum Gasteiger partial charge on any atom is -0.489 e. The number of likely N-dealkylation sites (tertiary alicyclic amines) is 1. The quantitative estimate of drug-likeness (QED) is 0.534. The van der Waals surface area contributed by atoms with Crippen molar-refractivity contribution in [2.24, 2.45) is 0 Å². The van der Waals surface area contributed by atoms with Crippen molar-refractivity contribution in [3.05, 3.63) is 78.1 Å². The number of anilines is 1. The molecule has 0 spiro atoms. The zero-order chi connectivity index (χ0) is 22.3. The molecular weight excluding hydrogens is 430 g/mol. The molecule has 7 nitrogen and oxygen atoms in total. The molecule has 32 heavy (non-hydrogen) atoms. The zero-order valence-corrected chi connectivity index (χ0v) is 18.3. The van der Waals surface area contributed by atoms with Crippen LogP contribution in [0, 0.1) is 0 Å². The molecule has 1 amide bonds. The number of hydrogen-bond acceptors (Lipinski definition) is 5. The average molecular weight is 456 g/mol. The Labute approximate surface area is 192 Å². The molecule has 0 bridgehead atoms. The van der Waals surface area contributed by atoms with Gasteiger partial charge in [-0.1, -0.05) is 23.7 Å². The number of aliphatic hydroxyl groups excluding tert-OH is 1. The molecular formula is C24H26ClN3O4. The number of nitrogens with one attached hydrogen (secondary N) is 1. The van der Waals surface area contributed by atoms with Crippen LogP contribution in [0.2, 0.25) is 5.02 Å². The van der Waals surface area contributed by atoms with Crippen LogP contribution in [0.25, 0.3) is 0 Å². The monoisotopic (exact) mass is 455 g/mol. The van der Waals surface area contributed by atoms with Crippen molar-refractivity contribution in [2.45, 2.75) is 18.6 Å². The number of rotatable bonds is 8. The highest BCUT2D eigenvalue weighted by molar-refractivity contribution is 6.30. The maximum Gasteiger partial charge on any atom is 0.330 e. The first kappa shape index (κ1) is 22.2. The number of halogens is 1. The Morgan fingerprint density at radius 1 is 1.12 bits per heavy atom. The summed E-state index contributed by atoms with van der Waals surface area (Å²) in [5.74, 6) is 1.31. The summed E-state index contributed by atoms with van der Waals surface area (Å²) in [6.07, 6.45) is 3.64. The molecule has 2 N–H and O–H groups in total. The fourth-order valence-electron chi connectivity index (χ4n) is 3.65. The number of carbonyl (C=O) groups is 1. The van der Waals surface area contributed by atoms with Crippen molar-refractivity contribution in [1.29, 1.82) is 0 Å². The predicted octanol–water partition coefficient (Wildman–Crippen LogP) is 4.11. The molecule has 1 aliphatic rings. The van der Waals surface area contributed by atoms with E-state index in [2.05, 4.69) is 10.2 Å². The summed E-state index contributed by atoms with van der Waals surface area (Å²) in [7, 11) is 0. The largest absolute Gasteiger partial charge is 0.489 e. The standard InChI is InChI=1S/C24H26ClN3O4/c25-18-7-9-20(10-8-18)32-21-11-14-27(16-21)15-19(29)17-31-23-6-2-1-5-22(23)26-24(30)28-12-3-4-13-28/h1-10,12-13,19,21,29H,11,14-17H2,(H,26,30). The summed E-state index contributed by atoms with van der Waals surface area (Å²) in [4.78, 5) is 14.5. The fraction of sp³-hybridized carbons (Fsp3) is 0.292. The van der Waals surface area contributed by atoms with E-state index in [9.17, 15) is 9.90 Å². The lowest BCUT2D eigenvalue weighted by Gasteiger charge is -2.21. The number of para-hydroxylation sites is 2. The maximum absolute atomic E-state index is 12.3. The Kier molecular flexibility index (Phi) is 7.32. The van der Waals surface area contributed by atoms with E-state index in [0.717, 1.165) is 25.3 Å². The Morgan fingerprint density at radius 3 is 2.66 bits per heavy atom. The summed E-state index contributed by atoms with van der Waals surface area (Å²) in [6, 6.07) is 17.8. The maximum atomic E-state index is 12.3. The highest BCUT2D eigenvalue weighted by atomic mass is 35.5. The second-order valence-corrected chi connectivity index (χ2v) is 8.16. The van der Waals surface area contributed by atoms with Crippen LogP contribution in [0.5, 0.6) is 11.5 Å². The molecule has 2 heterocycles. The van der Waals surface area contributed by atoms with E-state index in [1.807, 2.05) is 36.4 Å². The first-order valence-corrected chi connectivity index (χ1v) is 10.9. The van der Waals surface area contributed by atoms with E-state index in [4.69, 9.17) is 21.1 Å². The number of benzene rings is 2. The van der Waals surface area contributed by atoms with Crippen LogP contribution in [0.3, 0.4) is 0 Å². The molecule has 1 saturated heterocycles. The lowest BCUT2D eigenvalue weighted by molar-refractivity contribution is 0.0723. The van der Waals surface area contributed by atoms with E-state index in [-0.39, 0.29) is 18.7 Å². The number of carbonyl (C=O) groups excluding carboxylic acids is 1. The highest BCUT2D eigenvalue weighted by Crippen LogP contribution is 2.25. The molecule has 168 valence electrons. The van der Waals surface area contributed by atoms with Gasteiger partial charge in [0.05, 0.1) is 5.69 Å². The van der Waals surface area contributed by atoms with Crippen molar-refractivity contribution in [3.63, 3.8) is 0 Å². The van der Waals surface area contributed by atoms with Crippen LogP contribution in [0.1, 0.15) is 6.42 Å². The third kappa shape index (κ3) is 6.03. The SMILES string of the molecule is O=C(Nc1ccccc1OCC(O)CN1CCC(Oc2ccc(Cl)cc2)C1)n1cccc1. The normalized spacial score (nSPS) is 17.1. The summed E-state index contributed by atoms with van der Waals surface area (Å²) in [5.41, 5.74) is 0.552. The van der Waals surface area contributed by atoms with Crippen LogP contribution in [-0.4, -0.2) is 59.1 Å². The number of amides is 1. The number of aromatic nitrogens is 1. The second kappa shape index (κ2) is 10.5. The number of hydrogen-bond donors (Lipinski definition) is 2. The van der Waals surface area contributed by atoms with Gasteiger partial charge in [0.2, 0.25) is 0 Å². The number of aliphatic hydroxyl groups is 1. The number of β-amino-alcohol motifs (C(OH)–C–C–N with tert-alkyl or cyclic N) is 1. The van der Waals surface area contributed by atoms with Crippen LogP contribution >= 0.6 is 11.6 Å². The molecule has 2 atom stereocenters. The number of ether oxygens (including phenoxy) is 2. The first-order chi connectivity index (χ1) is 15.6. The molecule has 2 unspecified atom stereocenters. The summed E-state index contributed by atoms with van der Waals surface area (Å²) in [6.45, 7) is 2.19. The second-order valence-electron chi connectivity index (χ2n) is 7.72. The van der Waals surface area contributed by atoms with Gasteiger partial charge in [-0.2, -0.15) is 0 Å². The Hall–Kier alpha value is -3.00. The Balaban J connectivity index is 1.24. The van der Waals surface area contributed by atoms with E-state index in [1.165, 1.54) is 4.57 Å². The van der Waals surface area contributed by atoms with Gasteiger partial charge in [-0.05, 0) is 55.0 Å². The molecule has 0 saturated carbocycles. The Bertz CT molecular complexity index is 1010. The molecule has 1 aliphatic heterocycles. The minimum atomic E-state index is -0.669. The van der Waals surface area contributed by atoms with Gasteiger partial charge < -0.3 is 19.9 Å². The molecule has 1 fully saturated rings. The molecule has 8 heteroatoms. The molecule has 1 aromatic heterocycles. The first-order valence-electron chi connectivity index (χ1n) is 10.6. The average Bonchev–Trinajstić information content (AvgIpc) is 3.47. The van der Waals surface area contributed by atoms with Crippen LogP contribution in [0.4, 0.5) is 10.5 Å². The molecule has 3 aromatic rings. The van der Waals surface area contributed by atoms with Gasteiger partial charge in [0.25, 0.3) is 0 Å². The van der Waals surface area contributed by atoms with Crippen molar-refractivity contribution in [3.8, 4) is 11.5 Å². The van der Waals surface area contributed by atoms with Gasteiger partial charge in [0.15, 0.2) is 0 Å². The molecule has 4 rings (SSSR count). The van der Waals surface area contributed by atoms with Gasteiger partial charge >= 0.3 is 6.03 Å². The van der Waals surface area contributed by atoms with Gasteiger partial charge in [-0.15, -0.1) is 0 Å². The zero-order valence-electron chi connectivity index (χ0n) is 17.6. The summed E-state index contributed by atoms with van der Waals surface area (Å²) < 4.78 is 13.3. The summed E-state index contributed by atoms with van der Waals surface area (Å²) >= 11 is 5.92. The minimum absolute atomic E-state index is 0.0777. The molecule has 2 aromatic carbocycles. The fourth-order valence-corrected chi connectivity index (χ4v) is 3.77. The van der Waals surface area contributed by atoms with Crippen molar-refractivity contribution >= 4 is 23.3 Å². The van der Waals surface area contributed by atoms with E-state index in [0.29, 0.717) is 23.0 Å². The van der Waals surface area contributed by atoms with Gasteiger partial charge in [0.1, 0.15) is 30.3 Å².